The third-order valence-electron chi connectivity index (χ3n) is 5.49. The molecule has 2 heterocycles. The molecule has 1 aliphatic rings. The third-order valence-corrected chi connectivity index (χ3v) is 5.49. The van der Waals surface area contributed by atoms with E-state index in [-0.39, 0.29) is 0 Å². The Morgan fingerprint density at radius 3 is 2.66 bits per heavy atom. The third kappa shape index (κ3) is 6.60. The summed E-state index contributed by atoms with van der Waals surface area (Å²) in [6.07, 6.45) is 6.15. The van der Waals surface area contributed by atoms with Crippen molar-refractivity contribution in [2.24, 2.45) is 4.99 Å². The summed E-state index contributed by atoms with van der Waals surface area (Å²) in [6, 6.07) is 8.85. The lowest BCUT2D eigenvalue weighted by molar-refractivity contribution is 0.172. The van der Waals surface area contributed by atoms with Gasteiger partial charge < -0.3 is 14.8 Å². The van der Waals surface area contributed by atoms with Crippen LogP contribution in [0, 0.1) is 13.8 Å². The molecule has 0 aliphatic carbocycles. The number of nitrogens with one attached hydrogen (secondary N) is 1. The predicted octanol–water partition coefficient (Wildman–Crippen LogP) is 3.06. The molecular weight excluding hydrogens is 360 g/mol. The minimum Gasteiger partial charge on any atom is -0.357 e. The van der Waals surface area contributed by atoms with Crippen LogP contribution in [0.25, 0.3) is 0 Å². The fourth-order valence-corrected chi connectivity index (χ4v) is 3.83. The van der Waals surface area contributed by atoms with Crippen molar-refractivity contribution in [3.05, 3.63) is 53.6 Å². The Morgan fingerprint density at radius 1 is 1.14 bits per heavy atom. The zero-order valence-electron chi connectivity index (χ0n) is 18.3. The average molecular weight is 397 g/mol. The zero-order valence-corrected chi connectivity index (χ0v) is 18.3. The van der Waals surface area contributed by atoms with E-state index in [1.165, 1.54) is 11.1 Å². The standard InChI is InChI=1S/C23H36N6/c1-4-24-23(26-10-5-6-12-28-13-11-25-21(28)3)29-16-14-27(15-17-29)19-22-9-7-8-20(2)18-22/h7-9,11,13,18H,4-6,10,12,14-17,19H2,1-3H3,(H,24,26). The molecule has 0 radical (unpaired) electrons. The van der Waals surface area contributed by atoms with Crippen LogP contribution in [0.15, 0.2) is 41.7 Å². The second-order valence-corrected chi connectivity index (χ2v) is 7.86. The van der Waals surface area contributed by atoms with Crippen molar-refractivity contribution in [3.8, 4) is 0 Å². The maximum atomic E-state index is 4.89. The molecule has 6 nitrogen and oxygen atoms in total. The Labute approximate surface area is 175 Å². The topological polar surface area (TPSA) is 48.7 Å². The van der Waals surface area contributed by atoms with Crippen molar-refractivity contribution in [2.45, 2.75) is 46.7 Å². The first-order valence-electron chi connectivity index (χ1n) is 10.9. The number of rotatable bonds is 8. The van der Waals surface area contributed by atoms with Crippen LogP contribution in [0.2, 0.25) is 0 Å². The second-order valence-electron chi connectivity index (χ2n) is 7.86. The van der Waals surface area contributed by atoms with Gasteiger partial charge in [-0.3, -0.25) is 9.89 Å². The van der Waals surface area contributed by atoms with Gasteiger partial charge in [0.1, 0.15) is 5.82 Å². The number of guanidine groups is 1. The van der Waals surface area contributed by atoms with Gasteiger partial charge in [0.25, 0.3) is 0 Å². The van der Waals surface area contributed by atoms with Crippen LogP contribution in [0.5, 0.6) is 0 Å². The Kier molecular flexibility index (Phi) is 8.11. The summed E-state index contributed by atoms with van der Waals surface area (Å²) in [6.45, 7) is 14.4. The number of hydrogen-bond donors (Lipinski definition) is 1. The smallest absolute Gasteiger partial charge is 0.194 e. The molecule has 0 saturated carbocycles. The van der Waals surface area contributed by atoms with E-state index in [9.17, 15) is 0 Å². The largest absolute Gasteiger partial charge is 0.357 e. The van der Waals surface area contributed by atoms with E-state index in [4.69, 9.17) is 4.99 Å². The van der Waals surface area contributed by atoms with Crippen molar-refractivity contribution in [3.63, 3.8) is 0 Å². The summed E-state index contributed by atoms with van der Waals surface area (Å²) in [4.78, 5) is 14.1. The van der Waals surface area contributed by atoms with Gasteiger partial charge in [-0.05, 0) is 39.2 Å². The Bertz CT molecular complexity index is 773. The van der Waals surface area contributed by atoms with Gasteiger partial charge in [0.05, 0.1) is 0 Å². The fraction of sp³-hybridized carbons (Fsp3) is 0.565. The predicted molar refractivity (Wildman–Crippen MR) is 120 cm³/mol. The fourth-order valence-electron chi connectivity index (χ4n) is 3.83. The molecule has 0 spiro atoms. The summed E-state index contributed by atoms with van der Waals surface area (Å²) >= 11 is 0. The van der Waals surface area contributed by atoms with Crippen molar-refractivity contribution in [1.82, 2.24) is 24.7 Å². The van der Waals surface area contributed by atoms with Crippen LogP contribution in [0.3, 0.4) is 0 Å². The quantitative estimate of drug-likeness (QED) is 0.423. The molecule has 0 bridgehead atoms. The number of piperazine rings is 1. The van der Waals surface area contributed by atoms with Gasteiger partial charge in [-0.1, -0.05) is 29.8 Å². The maximum Gasteiger partial charge on any atom is 0.194 e. The molecule has 1 aromatic heterocycles. The minimum atomic E-state index is 0.875. The number of aromatic nitrogens is 2. The highest BCUT2D eigenvalue weighted by Crippen LogP contribution is 2.11. The Hall–Kier alpha value is -2.34. The van der Waals surface area contributed by atoms with E-state index in [2.05, 4.69) is 75.9 Å². The lowest BCUT2D eigenvalue weighted by Gasteiger charge is -2.36. The molecule has 6 heteroatoms. The molecule has 0 unspecified atom stereocenters. The van der Waals surface area contributed by atoms with Crippen molar-refractivity contribution in [2.75, 3.05) is 39.3 Å². The van der Waals surface area contributed by atoms with Crippen molar-refractivity contribution >= 4 is 5.96 Å². The molecule has 0 atom stereocenters. The minimum absolute atomic E-state index is 0.875. The molecular formula is C23H36N6. The summed E-state index contributed by atoms with van der Waals surface area (Å²) in [5.74, 6) is 2.16. The number of nitrogens with zero attached hydrogens (tertiary/aromatic N) is 5. The van der Waals surface area contributed by atoms with E-state index in [1.807, 2.05) is 6.20 Å². The first-order valence-corrected chi connectivity index (χ1v) is 10.9. The highest BCUT2D eigenvalue weighted by molar-refractivity contribution is 5.80. The van der Waals surface area contributed by atoms with Crippen LogP contribution in [-0.4, -0.2) is 64.6 Å². The number of unbranched alkanes of at least 4 members (excludes halogenated alkanes) is 1. The Morgan fingerprint density at radius 2 is 1.97 bits per heavy atom. The number of hydrogen-bond acceptors (Lipinski definition) is 3. The monoisotopic (exact) mass is 396 g/mol. The molecule has 1 fully saturated rings. The van der Waals surface area contributed by atoms with Crippen LogP contribution in [0.4, 0.5) is 0 Å². The lowest BCUT2D eigenvalue weighted by atomic mass is 10.1. The molecule has 29 heavy (non-hydrogen) atoms. The highest BCUT2D eigenvalue weighted by Gasteiger charge is 2.19. The van der Waals surface area contributed by atoms with E-state index in [0.29, 0.717) is 0 Å². The number of aliphatic imine (C=N–C) groups is 1. The van der Waals surface area contributed by atoms with Gasteiger partial charge in [0, 0.05) is 64.8 Å². The SMILES string of the molecule is CCNC(=NCCCCn1ccnc1C)N1CCN(Cc2cccc(C)c2)CC1. The first-order chi connectivity index (χ1) is 14.2. The molecule has 2 aromatic rings. The van der Waals surface area contributed by atoms with Crippen LogP contribution in [0.1, 0.15) is 36.7 Å². The van der Waals surface area contributed by atoms with E-state index in [1.54, 1.807) is 0 Å². The summed E-state index contributed by atoms with van der Waals surface area (Å²) < 4.78 is 2.21. The van der Waals surface area contributed by atoms with Gasteiger partial charge >= 0.3 is 0 Å². The van der Waals surface area contributed by atoms with Crippen LogP contribution >= 0.6 is 0 Å². The van der Waals surface area contributed by atoms with Gasteiger partial charge in [-0.25, -0.2) is 4.98 Å². The first kappa shape index (κ1) is 21.4. The maximum absolute atomic E-state index is 4.89. The summed E-state index contributed by atoms with van der Waals surface area (Å²) in [5.41, 5.74) is 2.75. The Balaban J connectivity index is 1.43. The second kappa shape index (κ2) is 11.0. The number of imidazole rings is 1. The number of benzene rings is 1. The lowest BCUT2D eigenvalue weighted by Crippen LogP contribution is -2.52. The zero-order chi connectivity index (χ0) is 20.5. The molecule has 1 aliphatic heterocycles. The van der Waals surface area contributed by atoms with E-state index in [0.717, 1.165) is 77.0 Å². The summed E-state index contributed by atoms with van der Waals surface area (Å²) in [7, 11) is 0. The normalized spacial score (nSPS) is 15.7. The van der Waals surface area contributed by atoms with Gasteiger partial charge in [0.15, 0.2) is 5.96 Å². The van der Waals surface area contributed by atoms with Crippen LogP contribution in [-0.2, 0) is 13.1 Å². The molecule has 3 rings (SSSR count). The molecule has 0 amide bonds. The van der Waals surface area contributed by atoms with Gasteiger partial charge in [0.2, 0.25) is 0 Å². The molecule has 1 aromatic carbocycles. The van der Waals surface area contributed by atoms with Gasteiger partial charge in [-0.15, -0.1) is 0 Å². The highest BCUT2D eigenvalue weighted by atomic mass is 15.3. The number of aryl methyl sites for hydroxylation is 3. The summed E-state index contributed by atoms with van der Waals surface area (Å²) in [5, 5.41) is 3.48. The molecule has 158 valence electrons. The van der Waals surface area contributed by atoms with E-state index >= 15 is 0 Å². The van der Waals surface area contributed by atoms with Crippen molar-refractivity contribution in [1.29, 1.82) is 0 Å². The van der Waals surface area contributed by atoms with Crippen LogP contribution < -0.4 is 5.32 Å². The average Bonchev–Trinajstić information content (AvgIpc) is 3.12. The molecule has 1 saturated heterocycles. The van der Waals surface area contributed by atoms with E-state index < -0.39 is 0 Å². The molecule has 1 N–H and O–H groups in total. The van der Waals surface area contributed by atoms with Crippen molar-refractivity contribution < 1.29 is 0 Å². The van der Waals surface area contributed by atoms with Gasteiger partial charge in [-0.2, -0.15) is 0 Å².